The maximum atomic E-state index is 12.0. The van der Waals surface area contributed by atoms with E-state index in [4.69, 9.17) is 4.42 Å². The molecule has 2 aromatic carbocycles. The Hall–Kier alpha value is -4.11. The summed E-state index contributed by atoms with van der Waals surface area (Å²) in [4.78, 5) is 12.0. The summed E-state index contributed by atoms with van der Waals surface area (Å²) in [6.45, 7) is 0. The van der Waals surface area contributed by atoms with E-state index in [2.05, 4.69) is 10.4 Å². The number of nitrogens with one attached hydrogen (secondary N) is 1. The number of nitriles is 1. The van der Waals surface area contributed by atoms with E-state index in [1.54, 1.807) is 10.9 Å². The third-order valence-electron chi connectivity index (χ3n) is 4.31. The average molecular weight is 368 g/mol. The fourth-order valence-electron chi connectivity index (χ4n) is 2.93. The van der Waals surface area contributed by atoms with Crippen LogP contribution in [0.15, 0.2) is 76.9 Å². The molecule has 4 rings (SSSR count). The second kappa shape index (κ2) is 7.25. The van der Waals surface area contributed by atoms with Crippen molar-refractivity contribution in [3.8, 4) is 23.2 Å². The van der Waals surface area contributed by atoms with Crippen molar-refractivity contribution in [3.05, 3.63) is 78.0 Å². The van der Waals surface area contributed by atoms with Crippen molar-refractivity contribution in [1.82, 2.24) is 15.1 Å². The van der Waals surface area contributed by atoms with Crippen molar-refractivity contribution in [2.24, 2.45) is 0 Å². The van der Waals surface area contributed by atoms with Crippen LogP contribution in [-0.4, -0.2) is 22.7 Å². The Labute approximate surface area is 161 Å². The number of hydrogen-bond acceptors (Lipinski definition) is 4. The molecule has 0 unspecified atom stereocenters. The van der Waals surface area contributed by atoms with E-state index < -0.39 is 5.91 Å². The van der Waals surface area contributed by atoms with Crippen molar-refractivity contribution < 1.29 is 9.21 Å². The standard InChI is InChI=1S/C22H16N4O2/c1-24-22(27)16(13-23)11-17-14-26(18-8-3-2-4-9-18)25-21(17)20-12-15-7-5-6-10-19(15)28-20/h2-12,14H,1H3,(H,24,27)/b16-11-. The Bertz CT molecular complexity index is 1190. The summed E-state index contributed by atoms with van der Waals surface area (Å²) in [7, 11) is 1.49. The lowest BCUT2D eigenvalue weighted by molar-refractivity contribution is -0.116. The van der Waals surface area contributed by atoms with Gasteiger partial charge in [0.2, 0.25) is 0 Å². The third kappa shape index (κ3) is 3.17. The highest BCUT2D eigenvalue weighted by Crippen LogP contribution is 2.31. The molecular weight excluding hydrogens is 352 g/mol. The van der Waals surface area contributed by atoms with E-state index in [1.807, 2.05) is 66.7 Å². The monoisotopic (exact) mass is 368 g/mol. The molecule has 0 radical (unpaired) electrons. The molecule has 0 spiro atoms. The van der Waals surface area contributed by atoms with Gasteiger partial charge in [-0.3, -0.25) is 4.79 Å². The van der Waals surface area contributed by atoms with Gasteiger partial charge in [-0.05, 0) is 30.3 Å². The number of likely N-dealkylation sites (N-methyl/N-ethyl adjacent to an activating group) is 1. The quantitative estimate of drug-likeness (QED) is 0.437. The molecule has 6 heteroatoms. The second-order valence-electron chi connectivity index (χ2n) is 6.11. The molecule has 1 amide bonds. The van der Waals surface area contributed by atoms with E-state index >= 15 is 0 Å². The lowest BCUT2D eigenvalue weighted by Crippen LogP contribution is -2.19. The minimum atomic E-state index is -0.453. The summed E-state index contributed by atoms with van der Waals surface area (Å²) in [5.41, 5.74) is 2.76. The highest BCUT2D eigenvalue weighted by molar-refractivity contribution is 6.02. The van der Waals surface area contributed by atoms with Crippen molar-refractivity contribution in [2.75, 3.05) is 7.05 Å². The van der Waals surface area contributed by atoms with Crippen LogP contribution in [0.1, 0.15) is 5.56 Å². The summed E-state index contributed by atoms with van der Waals surface area (Å²) in [5.74, 6) is 0.113. The van der Waals surface area contributed by atoms with E-state index in [-0.39, 0.29) is 5.57 Å². The lowest BCUT2D eigenvalue weighted by Gasteiger charge is -1.98. The number of para-hydroxylation sites is 2. The second-order valence-corrected chi connectivity index (χ2v) is 6.11. The van der Waals surface area contributed by atoms with Crippen LogP contribution < -0.4 is 5.32 Å². The Balaban J connectivity index is 1.90. The number of hydrogen-bond donors (Lipinski definition) is 1. The molecule has 0 saturated heterocycles. The minimum Gasteiger partial charge on any atom is -0.454 e. The number of nitrogens with zero attached hydrogens (tertiary/aromatic N) is 3. The molecule has 136 valence electrons. The Morgan fingerprint density at radius 2 is 1.93 bits per heavy atom. The van der Waals surface area contributed by atoms with Crippen LogP contribution in [0.5, 0.6) is 0 Å². The molecule has 0 bridgehead atoms. The molecule has 0 aliphatic heterocycles. The number of rotatable bonds is 4. The molecule has 2 aromatic heterocycles. The van der Waals surface area contributed by atoms with Gasteiger partial charge in [0.15, 0.2) is 5.76 Å². The molecule has 4 aromatic rings. The zero-order chi connectivity index (χ0) is 19.5. The van der Waals surface area contributed by atoms with Crippen LogP contribution in [0.25, 0.3) is 34.2 Å². The molecule has 0 aliphatic rings. The molecule has 0 fully saturated rings. The van der Waals surface area contributed by atoms with Gasteiger partial charge in [-0.1, -0.05) is 36.4 Å². The van der Waals surface area contributed by atoms with E-state index in [1.165, 1.54) is 13.1 Å². The van der Waals surface area contributed by atoms with Crippen LogP contribution in [-0.2, 0) is 4.79 Å². The van der Waals surface area contributed by atoms with Crippen LogP contribution in [0.4, 0.5) is 0 Å². The normalized spacial score (nSPS) is 11.4. The SMILES string of the molecule is CNC(=O)/C(C#N)=C\c1cn(-c2ccccc2)nc1-c1cc2ccccc2o1. The van der Waals surface area contributed by atoms with Crippen LogP contribution in [0, 0.1) is 11.3 Å². The summed E-state index contributed by atoms with van der Waals surface area (Å²) in [6, 6.07) is 21.1. The summed E-state index contributed by atoms with van der Waals surface area (Å²) >= 11 is 0. The number of benzene rings is 2. The van der Waals surface area contributed by atoms with Gasteiger partial charge in [-0.15, -0.1) is 0 Å². The number of furan rings is 1. The first-order valence-corrected chi connectivity index (χ1v) is 8.67. The summed E-state index contributed by atoms with van der Waals surface area (Å²) in [5, 5.41) is 17.4. The fraction of sp³-hybridized carbons (Fsp3) is 0.0455. The average Bonchev–Trinajstić information content (AvgIpc) is 3.36. The smallest absolute Gasteiger partial charge is 0.261 e. The number of carbonyl (C=O) groups excluding carboxylic acids is 1. The summed E-state index contributed by atoms with van der Waals surface area (Å²) in [6.07, 6.45) is 3.30. The molecule has 0 saturated carbocycles. The minimum absolute atomic E-state index is 0.00697. The Kier molecular flexibility index (Phi) is 4.48. The largest absolute Gasteiger partial charge is 0.454 e. The van der Waals surface area contributed by atoms with Gasteiger partial charge in [0, 0.05) is 24.2 Å². The number of carbonyl (C=O) groups is 1. The first-order valence-electron chi connectivity index (χ1n) is 8.67. The molecule has 6 nitrogen and oxygen atoms in total. The van der Waals surface area contributed by atoms with Crippen LogP contribution in [0.3, 0.4) is 0 Å². The highest BCUT2D eigenvalue weighted by Gasteiger charge is 2.17. The predicted octanol–water partition coefficient (Wildman–Crippen LogP) is 3.94. The molecular formula is C22H16N4O2. The first-order chi connectivity index (χ1) is 13.7. The lowest BCUT2D eigenvalue weighted by atomic mass is 10.1. The predicted molar refractivity (Wildman–Crippen MR) is 106 cm³/mol. The Morgan fingerprint density at radius 1 is 1.18 bits per heavy atom. The molecule has 1 N–H and O–H groups in total. The highest BCUT2D eigenvalue weighted by atomic mass is 16.3. The van der Waals surface area contributed by atoms with Crippen molar-refractivity contribution in [1.29, 1.82) is 5.26 Å². The Morgan fingerprint density at radius 3 is 2.64 bits per heavy atom. The molecule has 2 heterocycles. The molecule has 0 aliphatic carbocycles. The third-order valence-corrected chi connectivity index (χ3v) is 4.31. The van der Waals surface area contributed by atoms with Crippen LogP contribution >= 0.6 is 0 Å². The van der Waals surface area contributed by atoms with Gasteiger partial charge in [-0.25, -0.2) is 4.68 Å². The van der Waals surface area contributed by atoms with Crippen molar-refractivity contribution in [2.45, 2.75) is 0 Å². The van der Waals surface area contributed by atoms with E-state index in [0.29, 0.717) is 17.0 Å². The van der Waals surface area contributed by atoms with Gasteiger partial charge in [0.05, 0.1) is 5.69 Å². The molecule has 0 atom stereocenters. The topological polar surface area (TPSA) is 83.9 Å². The van der Waals surface area contributed by atoms with E-state index in [9.17, 15) is 10.1 Å². The maximum absolute atomic E-state index is 12.0. The number of aromatic nitrogens is 2. The van der Waals surface area contributed by atoms with Gasteiger partial charge in [-0.2, -0.15) is 10.4 Å². The van der Waals surface area contributed by atoms with Gasteiger partial charge in [0.1, 0.15) is 22.9 Å². The summed E-state index contributed by atoms with van der Waals surface area (Å²) < 4.78 is 7.66. The zero-order valence-corrected chi connectivity index (χ0v) is 15.1. The fourth-order valence-corrected chi connectivity index (χ4v) is 2.93. The maximum Gasteiger partial charge on any atom is 0.261 e. The zero-order valence-electron chi connectivity index (χ0n) is 15.1. The van der Waals surface area contributed by atoms with Crippen LogP contribution in [0.2, 0.25) is 0 Å². The number of amides is 1. The van der Waals surface area contributed by atoms with E-state index in [0.717, 1.165) is 16.7 Å². The first kappa shape index (κ1) is 17.3. The molecule has 28 heavy (non-hydrogen) atoms. The van der Waals surface area contributed by atoms with Crippen molar-refractivity contribution >= 4 is 23.0 Å². The number of fused-ring (bicyclic) bond motifs is 1. The van der Waals surface area contributed by atoms with Gasteiger partial charge in [0.25, 0.3) is 5.91 Å². The van der Waals surface area contributed by atoms with Gasteiger partial charge >= 0.3 is 0 Å². The van der Waals surface area contributed by atoms with Gasteiger partial charge < -0.3 is 9.73 Å². The van der Waals surface area contributed by atoms with Crippen molar-refractivity contribution in [3.63, 3.8) is 0 Å².